The van der Waals surface area contributed by atoms with E-state index < -0.39 is 0 Å². The lowest BCUT2D eigenvalue weighted by molar-refractivity contribution is 0.0947. The van der Waals surface area contributed by atoms with Gasteiger partial charge in [-0.25, -0.2) is 0 Å². The summed E-state index contributed by atoms with van der Waals surface area (Å²) in [5.74, 6) is 1.18. The van der Waals surface area contributed by atoms with Crippen molar-refractivity contribution in [1.29, 1.82) is 0 Å². The van der Waals surface area contributed by atoms with Crippen LogP contribution in [0.2, 0.25) is 0 Å². The van der Waals surface area contributed by atoms with E-state index in [0.717, 1.165) is 6.42 Å². The smallest absolute Gasteiger partial charge is 0.257 e. The van der Waals surface area contributed by atoms with Crippen molar-refractivity contribution in [3.05, 3.63) is 52.9 Å². The number of rotatable bonds is 4. The van der Waals surface area contributed by atoms with Gasteiger partial charge in [-0.15, -0.1) is 0 Å². The molecule has 0 bridgehead atoms. The van der Waals surface area contributed by atoms with Crippen LogP contribution in [0.5, 0.6) is 0 Å². The molecular weight excluding hydrogens is 264 g/mol. The number of hydrogen-bond acceptors (Lipinski definition) is 3. The standard InChI is InChI=1S/C17H20N2O2/c1-10(2)16-15(11(3)19-21-16)17(20)18-14-9-13(14)12-7-5-4-6-8-12/h4-8,10,13-14H,9H2,1-3H3,(H,18,20). The number of carbonyl (C=O) groups is 1. The first-order chi connectivity index (χ1) is 10.1. The molecule has 21 heavy (non-hydrogen) atoms. The largest absolute Gasteiger partial charge is 0.360 e. The van der Waals surface area contributed by atoms with Crippen LogP contribution in [0.3, 0.4) is 0 Å². The molecular formula is C17H20N2O2. The van der Waals surface area contributed by atoms with Crippen molar-refractivity contribution in [3.63, 3.8) is 0 Å². The molecule has 0 spiro atoms. The van der Waals surface area contributed by atoms with E-state index >= 15 is 0 Å². The van der Waals surface area contributed by atoms with Gasteiger partial charge in [0, 0.05) is 17.9 Å². The molecule has 1 heterocycles. The predicted octanol–water partition coefficient (Wildman–Crippen LogP) is 3.39. The van der Waals surface area contributed by atoms with Crippen molar-refractivity contribution < 1.29 is 9.32 Å². The van der Waals surface area contributed by atoms with E-state index in [1.54, 1.807) is 0 Å². The highest BCUT2D eigenvalue weighted by atomic mass is 16.5. The second-order valence-electron chi connectivity index (χ2n) is 5.99. The second-order valence-corrected chi connectivity index (χ2v) is 5.99. The Labute approximate surface area is 124 Å². The summed E-state index contributed by atoms with van der Waals surface area (Å²) in [4.78, 5) is 12.5. The van der Waals surface area contributed by atoms with E-state index in [1.807, 2.05) is 39.0 Å². The summed E-state index contributed by atoms with van der Waals surface area (Å²) in [6, 6.07) is 10.5. The third-order valence-corrected chi connectivity index (χ3v) is 3.98. The third-order valence-electron chi connectivity index (χ3n) is 3.98. The van der Waals surface area contributed by atoms with Crippen LogP contribution in [-0.2, 0) is 0 Å². The van der Waals surface area contributed by atoms with Crippen LogP contribution in [0.4, 0.5) is 0 Å². The molecule has 1 saturated carbocycles. The number of amides is 1. The topological polar surface area (TPSA) is 55.1 Å². The molecule has 3 rings (SSSR count). The molecule has 1 fully saturated rings. The normalized spacial score (nSPS) is 20.6. The molecule has 0 saturated heterocycles. The Morgan fingerprint density at radius 2 is 2.05 bits per heavy atom. The lowest BCUT2D eigenvalue weighted by Gasteiger charge is -2.07. The van der Waals surface area contributed by atoms with Gasteiger partial charge in [0.2, 0.25) is 0 Å². The highest BCUT2D eigenvalue weighted by molar-refractivity contribution is 5.96. The van der Waals surface area contributed by atoms with E-state index in [0.29, 0.717) is 22.9 Å². The average Bonchev–Trinajstić information content (AvgIpc) is 3.11. The highest BCUT2D eigenvalue weighted by Crippen LogP contribution is 2.41. The number of aromatic nitrogens is 1. The Balaban J connectivity index is 1.70. The van der Waals surface area contributed by atoms with Crippen LogP contribution in [0, 0.1) is 6.92 Å². The van der Waals surface area contributed by atoms with Gasteiger partial charge >= 0.3 is 0 Å². The molecule has 1 aromatic carbocycles. The molecule has 0 aliphatic heterocycles. The number of aryl methyl sites for hydroxylation is 1. The fraction of sp³-hybridized carbons (Fsp3) is 0.412. The summed E-state index contributed by atoms with van der Waals surface area (Å²) in [6.45, 7) is 5.81. The number of hydrogen-bond donors (Lipinski definition) is 1. The molecule has 0 radical (unpaired) electrons. The highest BCUT2D eigenvalue weighted by Gasteiger charge is 2.40. The monoisotopic (exact) mass is 284 g/mol. The maximum atomic E-state index is 12.5. The summed E-state index contributed by atoms with van der Waals surface area (Å²) < 4.78 is 5.28. The predicted molar refractivity (Wildman–Crippen MR) is 80.4 cm³/mol. The average molecular weight is 284 g/mol. The Morgan fingerprint density at radius 1 is 1.33 bits per heavy atom. The van der Waals surface area contributed by atoms with Gasteiger partial charge in [-0.1, -0.05) is 49.3 Å². The summed E-state index contributed by atoms with van der Waals surface area (Å²) in [6.07, 6.45) is 0.997. The zero-order chi connectivity index (χ0) is 15.0. The first-order valence-corrected chi connectivity index (χ1v) is 7.40. The Morgan fingerprint density at radius 3 is 2.71 bits per heavy atom. The molecule has 1 N–H and O–H groups in total. The van der Waals surface area contributed by atoms with Gasteiger partial charge in [0.15, 0.2) is 5.76 Å². The van der Waals surface area contributed by atoms with E-state index in [1.165, 1.54) is 5.56 Å². The van der Waals surface area contributed by atoms with Gasteiger partial charge in [-0.05, 0) is 18.9 Å². The van der Waals surface area contributed by atoms with E-state index in [2.05, 4.69) is 22.6 Å². The minimum Gasteiger partial charge on any atom is -0.360 e. The van der Waals surface area contributed by atoms with Gasteiger partial charge < -0.3 is 9.84 Å². The molecule has 4 nitrogen and oxygen atoms in total. The molecule has 1 aromatic heterocycles. The fourth-order valence-electron chi connectivity index (χ4n) is 2.72. The zero-order valence-electron chi connectivity index (χ0n) is 12.6. The lowest BCUT2D eigenvalue weighted by Crippen LogP contribution is -2.27. The molecule has 2 atom stereocenters. The molecule has 4 heteroatoms. The fourth-order valence-corrected chi connectivity index (χ4v) is 2.72. The third kappa shape index (κ3) is 2.71. The van der Waals surface area contributed by atoms with Gasteiger partial charge in [0.05, 0.1) is 5.69 Å². The zero-order valence-corrected chi connectivity index (χ0v) is 12.6. The van der Waals surface area contributed by atoms with Gasteiger partial charge in [0.1, 0.15) is 5.56 Å². The van der Waals surface area contributed by atoms with Crippen molar-refractivity contribution in [2.75, 3.05) is 0 Å². The van der Waals surface area contributed by atoms with Crippen LogP contribution in [0.1, 0.15) is 59.5 Å². The van der Waals surface area contributed by atoms with Crippen molar-refractivity contribution in [2.24, 2.45) is 0 Å². The number of benzene rings is 1. The molecule has 110 valence electrons. The van der Waals surface area contributed by atoms with Crippen LogP contribution < -0.4 is 5.32 Å². The van der Waals surface area contributed by atoms with E-state index in [-0.39, 0.29) is 17.9 Å². The second kappa shape index (κ2) is 5.35. The van der Waals surface area contributed by atoms with Gasteiger partial charge in [0.25, 0.3) is 5.91 Å². The van der Waals surface area contributed by atoms with Gasteiger partial charge in [-0.2, -0.15) is 0 Å². The first kappa shape index (κ1) is 13.9. The molecule has 1 amide bonds. The molecule has 1 aliphatic rings. The quantitative estimate of drug-likeness (QED) is 0.936. The van der Waals surface area contributed by atoms with Gasteiger partial charge in [-0.3, -0.25) is 4.79 Å². The minimum absolute atomic E-state index is 0.0686. The summed E-state index contributed by atoms with van der Waals surface area (Å²) in [7, 11) is 0. The molecule has 2 aromatic rings. The van der Waals surface area contributed by atoms with E-state index in [9.17, 15) is 4.79 Å². The number of nitrogens with one attached hydrogen (secondary N) is 1. The summed E-state index contributed by atoms with van der Waals surface area (Å²) in [5.41, 5.74) is 2.55. The van der Waals surface area contributed by atoms with Crippen LogP contribution in [0.15, 0.2) is 34.9 Å². The van der Waals surface area contributed by atoms with E-state index in [4.69, 9.17) is 4.52 Å². The van der Waals surface area contributed by atoms with Crippen molar-refractivity contribution >= 4 is 5.91 Å². The maximum absolute atomic E-state index is 12.5. The SMILES string of the molecule is Cc1noc(C(C)C)c1C(=O)NC1CC1c1ccccc1. The first-order valence-electron chi connectivity index (χ1n) is 7.40. The van der Waals surface area contributed by atoms with Crippen LogP contribution in [-0.4, -0.2) is 17.1 Å². The number of carbonyl (C=O) groups excluding carboxylic acids is 1. The maximum Gasteiger partial charge on any atom is 0.257 e. The Kier molecular flexibility index (Phi) is 3.53. The van der Waals surface area contributed by atoms with Crippen LogP contribution in [0.25, 0.3) is 0 Å². The summed E-state index contributed by atoms with van der Waals surface area (Å²) >= 11 is 0. The Hall–Kier alpha value is -2.10. The van der Waals surface area contributed by atoms with Crippen molar-refractivity contribution in [3.8, 4) is 0 Å². The summed E-state index contributed by atoms with van der Waals surface area (Å²) in [5, 5.41) is 7.03. The minimum atomic E-state index is -0.0686. The van der Waals surface area contributed by atoms with Crippen molar-refractivity contribution in [1.82, 2.24) is 10.5 Å². The Bertz CT molecular complexity index is 646. The molecule has 1 aliphatic carbocycles. The number of nitrogens with zero attached hydrogens (tertiary/aromatic N) is 1. The lowest BCUT2D eigenvalue weighted by atomic mass is 10.0. The molecule has 2 unspecified atom stereocenters. The van der Waals surface area contributed by atoms with Crippen LogP contribution >= 0.6 is 0 Å². The van der Waals surface area contributed by atoms with Crippen molar-refractivity contribution in [2.45, 2.75) is 45.1 Å².